The SMILES string of the molecule is COCc1cc(C(=O)Nc2ccccc2N2CCCCC2)ccc1C(=O)Nc1cccc2[nH]c(C)nc12. The van der Waals surface area contributed by atoms with Crippen molar-refractivity contribution in [2.45, 2.75) is 32.8 Å². The van der Waals surface area contributed by atoms with Crippen molar-refractivity contribution >= 4 is 39.9 Å². The number of fused-ring (bicyclic) bond motifs is 1. The third kappa shape index (κ3) is 5.34. The number of methoxy groups -OCH3 is 1. The van der Waals surface area contributed by atoms with Crippen LogP contribution in [-0.4, -0.2) is 42.0 Å². The number of anilines is 3. The number of aryl methyl sites for hydroxylation is 1. The molecule has 0 aliphatic carbocycles. The molecule has 1 aliphatic heterocycles. The summed E-state index contributed by atoms with van der Waals surface area (Å²) >= 11 is 0. The van der Waals surface area contributed by atoms with E-state index in [1.165, 1.54) is 6.42 Å². The Labute approximate surface area is 216 Å². The molecule has 0 unspecified atom stereocenters. The maximum atomic E-state index is 13.2. The second-order valence-corrected chi connectivity index (χ2v) is 9.30. The van der Waals surface area contributed by atoms with E-state index in [2.05, 4.69) is 25.5 Å². The second kappa shape index (κ2) is 10.8. The van der Waals surface area contributed by atoms with Gasteiger partial charge < -0.3 is 25.3 Å². The number of nitrogens with zero attached hydrogens (tertiary/aromatic N) is 2. The molecular formula is C29H31N5O3. The van der Waals surface area contributed by atoms with E-state index in [0.29, 0.717) is 27.9 Å². The number of para-hydroxylation sites is 3. The van der Waals surface area contributed by atoms with Gasteiger partial charge in [0, 0.05) is 31.3 Å². The maximum Gasteiger partial charge on any atom is 0.256 e. The van der Waals surface area contributed by atoms with Gasteiger partial charge in [-0.25, -0.2) is 4.98 Å². The number of carbonyl (C=O) groups excluding carboxylic acids is 2. The Kier molecular flexibility index (Phi) is 7.18. The Morgan fingerprint density at radius 2 is 1.70 bits per heavy atom. The normalized spacial score (nSPS) is 13.5. The molecular weight excluding hydrogens is 466 g/mol. The molecule has 5 rings (SSSR count). The van der Waals surface area contributed by atoms with Crippen LogP contribution in [0.15, 0.2) is 60.7 Å². The van der Waals surface area contributed by atoms with Crippen molar-refractivity contribution in [3.05, 3.63) is 83.2 Å². The van der Waals surface area contributed by atoms with Gasteiger partial charge in [-0.2, -0.15) is 0 Å². The largest absolute Gasteiger partial charge is 0.380 e. The first-order chi connectivity index (χ1) is 18.0. The van der Waals surface area contributed by atoms with Crippen LogP contribution in [0.25, 0.3) is 11.0 Å². The van der Waals surface area contributed by atoms with Crippen LogP contribution >= 0.6 is 0 Å². The first-order valence-electron chi connectivity index (χ1n) is 12.6. The molecule has 1 aromatic heterocycles. The lowest BCUT2D eigenvalue weighted by molar-refractivity contribution is 0.101. The molecule has 1 fully saturated rings. The molecule has 4 aromatic rings. The van der Waals surface area contributed by atoms with E-state index in [1.54, 1.807) is 25.3 Å². The molecule has 0 atom stereocenters. The van der Waals surface area contributed by atoms with Crippen molar-refractivity contribution in [1.29, 1.82) is 0 Å². The number of imidazole rings is 1. The Bertz CT molecular complexity index is 1440. The van der Waals surface area contributed by atoms with Crippen LogP contribution in [0.2, 0.25) is 0 Å². The van der Waals surface area contributed by atoms with Gasteiger partial charge in [-0.15, -0.1) is 0 Å². The summed E-state index contributed by atoms with van der Waals surface area (Å²) in [4.78, 5) is 36.5. The fraction of sp³-hybridized carbons (Fsp3) is 0.276. The van der Waals surface area contributed by atoms with Crippen molar-refractivity contribution in [1.82, 2.24) is 9.97 Å². The molecule has 37 heavy (non-hydrogen) atoms. The Hall–Kier alpha value is -4.17. The summed E-state index contributed by atoms with van der Waals surface area (Å²) in [5, 5.41) is 6.03. The van der Waals surface area contributed by atoms with Gasteiger partial charge in [-0.1, -0.05) is 18.2 Å². The standard InChI is InChI=1S/C29H31N5O3/c1-19-30-24-10-8-11-25(27(24)31-19)33-29(36)22-14-13-20(17-21(22)18-37-2)28(35)32-23-9-4-5-12-26(23)34-15-6-3-7-16-34/h4-5,8-14,17H,3,6-7,15-16,18H2,1-2H3,(H,30,31)(H,32,35)(H,33,36). The number of H-pyrrole nitrogens is 1. The van der Waals surface area contributed by atoms with E-state index in [-0.39, 0.29) is 18.4 Å². The molecule has 0 radical (unpaired) electrons. The number of hydrogen-bond acceptors (Lipinski definition) is 5. The molecule has 1 saturated heterocycles. The summed E-state index contributed by atoms with van der Waals surface area (Å²) in [6.07, 6.45) is 3.55. The van der Waals surface area contributed by atoms with Gasteiger partial charge in [0.25, 0.3) is 11.8 Å². The molecule has 3 aromatic carbocycles. The fourth-order valence-corrected chi connectivity index (χ4v) is 4.86. The van der Waals surface area contributed by atoms with E-state index in [0.717, 1.165) is 48.6 Å². The van der Waals surface area contributed by atoms with Crippen LogP contribution < -0.4 is 15.5 Å². The van der Waals surface area contributed by atoms with Crippen molar-refractivity contribution in [2.24, 2.45) is 0 Å². The zero-order chi connectivity index (χ0) is 25.8. The number of benzene rings is 3. The van der Waals surface area contributed by atoms with E-state index in [9.17, 15) is 9.59 Å². The van der Waals surface area contributed by atoms with E-state index in [1.807, 2.05) is 49.4 Å². The highest BCUT2D eigenvalue weighted by molar-refractivity contribution is 6.10. The summed E-state index contributed by atoms with van der Waals surface area (Å²) in [5.74, 6) is 0.252. The second-order valence-electron chi connectivity index (χ2n) is 9.30. The molecule has 0 saturated carbocycles. The number of hydrogen-bond donors (Lipinski definition) is 3. The number of rotatable bonds is 7. The molecule has 2 heterocycles. The van der Waals surface area contributed by atoms with E-state index < -0.39 is 0 Å². The Morgan fingerprint density at radius 1 is 0.946 bits per heavy atom. The summed E-state index contributed by atoms with van der Waals surface area (Å²) in [6.45, 7) is 4.04. The molecule has 2 amide bonds. The number of amides is 2. The van der Waals surface area contributed by atoms with Crippen molar-refractivity contribution < 1.29 is 14.3 Å². The van der Waals surface area contributed by atoms with E-state index in [4.69, 9.17) is 4.74 Å². The highest BCUT2D eigenvalue weighted by Crippen LogP contribution is 2.29. The van der Waals surface area contributed by atoms with Gasteiger partial charge >= 0.3 is 0 Å². The lowest BCUT2D eigenvalue weighted by Gasteiger charge is -2.30. The third-order valence-corrected chi connectivity index (χ3v) is 6.64. The lowest BCUT2D eigenvalue weighted by atomic mass is 10.0. The quantitative estimate of drug-likeness (QED) is 0.313. The van der Waals surface area contributed by atoms with Crippen LogP contribution in [0.1, 0.15) is 51.4 Å². The van der Waals surface area contributed by atoms with E-state index >= 15 is 0 Å². The highest BCUT2D eigenvalue weighted by Gasteiger charge is 2.19. The summed E-state index contributed by atoms with van der Waals surface area (Å²) in [5.41, 5.74) is 5.51. The number of aromatic amines is 1. The lowest BCUT2D eigenvalue weighted by Crippen LogP contribution is -2.30. The predicted molar refractivity (Wildman–Crippen MR) is 146 cm³/mol. The molecule has 3 N–H and O–H groups in total. The number of piperidine rings is 1. The van der Waals surface area contributed by atoms with Crippen LogP contribution in [0.3, 0.4) is 0 Å². The number of carbonyl (C=O) groups is 2. The van der Waals surface area contributed by atoms with Crippen LogP contribution in [0, 0.1) is 6.92 Å². The van der Waals surface area contributed by atoms with Gasteiger partial charge in [0.15, 0.2) is 0 Å². The molecule has 0 spiro atoms. The molecule has 190 valence electrons. The topological polar surface area (TPSA) is 99.4 Å². The zero-order valence-corrected chi connectivity index (χ0v) is 21.1. The highest BCUT2D eigenvalue weighted by atomic mass is 16.5. The summed E-state index contributed by atoms with van der Waals surface area (Å²) in [6, 6.07) is 18.6. The van der Waals surface area contributed by atoms with Crippen LogP contribution in [0.5, 0.6) is 0 Å². The zero-order valence-electron chi connectivity index (χ0n) is 21.1. The monoisotopic (exact) mass is 497 g/mol. The third-order valence-electron chi connectivity index (χ3n) is 6.64. The summed E-state index contributed by atoms with van der Waals surface area (Å²) < 4.78 is 5.36. The smallest absolute Gasteiger partial charge is 0.256 e. The fourth-order valence-electron chi connectivity index (χ4n) is 4.86. The minimum absolute atomic E-state index is 0.194. The first-order valence-corrected chi connectivity index (χ1v) is 12.6. The number of ether oxygens (including phenoxy) is 1. The minimum Gasteiger partial charge on any atom is -0.380 e. The van der Waals surface area contributed by atoms with Crippen LogP contribution in [0.4, 0.5) is 17.1 Å². The van der Waals surface area contributed by atoms with Crippen molar-refractivity contribution in [3.63, 3.8) is 0 Å². The molecule has 8 nitrogen and oxygen atoms in total. The molecule has 0 bridgehead atoms. The van der Waals surface area contributed by atoms with Crippen LogP contribution in [-0.2, 0) is 11.3 Å². The Morgan fingerprint density at radius 3 is 2.51 bits per heavy atom. The number of aromatic nitrogens is 2. The predicted octanol–water partition coefficient (Wildman–Crippen LogP) is 5.51. The first kappa shape index (κ1) is 24.5. The van der Waals surface area contributed by atoms with Gasteiger partial charge in [0.2, 0.25) is 0 Å². The Balaban J connectivity index is 1.37. The van der Waals surface area contributed by atoms with Gasteiger partial charge in [0.1, 0.15) is 11.3 Å². The van der Waals surface area contributed by atoms with Gasteiger partial charge in [-0.05, 0) is 74.2 Å². The van der Waals surface area contributed by atoms with Crippen molar-refractivity contribution in [3.8, 4) is 0 Å². The minimum atomic E-state index is -0.289. The maximum absolute atomic E-state index is 13.2. The number of nitrogens with one attached hydrogen (secondary N) is 3. The average Bonchev–Trinajstić information content (AvgIpc) is 3.31. The van der Waals surface area contributed by atoms with Crippen molar-refractivity contribution in [2.75, 3.05) is 35.7 Å². The molecule has 1 aliphatic rings. The van der Waals surface area contributed by atoms with Gasteiger partial charge in [-0.3, -0.25) is 9.59 Å². The average molecular weight is 498 g/mol. The summed E-state index contributed by atoms with van der Waals surface area (Å²) in [7, 11) is 1.57. The molecule has 8 heteroatoms. The van der Waals surface area contributed by atoms with Gasteiger partial charge in [0.05, 0.1) is 29.2 Å².